The molecule has 0 amide bonds. The van der Waals surface area contributed by atoms with Crippen molar-refractivity contribution in [3.05, 3.63) is 0 Å². The van der Waals surface area contributed by atoms with Gasteiger partial charge in [-0.2, -0.15) is 0 Å². The smallest absolute Gasteiger partial charge is 0.149 e. The maximum Gasteiger partial charge on any atom is 0.149 e. The normalized spacial score (nSPS) is 10.7. The van der Waals surface area contributed by atoms with Crippen molar-refractivity contribution in [1.29, 1.82) is 0 Å². The Kier molecular flexibility index (Phi) is 7.30. The van der Waals surface area contributed by atoms with Crippen LogP contribution in [0.3, 0.4) is 0 Å². The van der Waals surface area contributed by atoms with Crippen LogP contribution in [0.1, 0.15) is 35.1 Å². The molecule has 0 radical (unpaired) electrons. The number of likely N-dealkylation sites (N-methyl/N-ethyl adjacent to an activating group) is 1. The molecule has 2 heteroatoms. The van der Waals surface area contributed by atoms with E-state index in [2.05, 4.69) is 18.7 Å². The number of Topliss-reactive ketones (excluding diaryl/α,β-unsaturated/α-hetero) is 1. The van der Waals surface area contributed by atoms with Gasteiger partial charge in [-0.3, -0.25) is 9.69 Å². The van der Waals surface area contributed by atoms with E-state index in [0.717, 1.165) is 0 Å². The van der Waals surface area contributed by atoms with Crippen LogP contribution < -0.4 is 0 Å². The summed E-state index contributed by atoms with van der Waals surface area (Å²) in [6.45, 7) is 8.64. The number of carbonyl (C=O) groups is 1. The fourth-order valence-corrected chi connectivity index (χ4v) is 0.611. The molecule has 0 saturated heterocycles. The molecule has 0 fully saturated rings. The van der Waals surface area contributed by atoms with E-state index in [1.807, 2.05) is 20.9 Å². The molecule has 0 saturated carbocycles. The van der Waals surface area contributed by atoms with Crippen LogP contribution in [-0.2, 0) is 4.79 Å². The van der Waals surface area contributed by atoms with Crippen LogP contribution in [0.4, 0.5) is 0 Å². The third kappa shape index (κ3) is 5.30. The van der Waals surface area contributed by atoms with Crippen LogP contribution in [0.5, 0.6) is 0 Å². The van der Waals surface area contributed by atoms with Crippen molar-refractivity contribution in [2.45, 2.75) is 41.2 Å². The third-order valence-corrected chi connectivity index (χ3v) is 1.93. The topological polar surface area (TPSA) is 20.3 Å². The maximum absolute atomic E-state index is 11.2. The molecule has 0 aromatic heterocycles. The zero-order valence-corrected chi connectivity index (χ0v) is 8.22. The van der Waals surface area contributed by atoms with E-state index in [4.69, 9.17) is 0 Å². The second-order valence-electron chi connectivity index (χ2n) is 3.63. The Morgan fingerprint density at radius 1 is 1.25 bits per heavy atom. The van der Waals surface area contributed by atoms with Crippen molar-refractivity contribution in [2.24, 2.45) is 5.92 Å². The van der Waals surface area contributed by atoms with Gasteiger partial charge in [0.2, 0.25) is 0 Å². The SMILES string of the molecule is C.CC(C)C(=O)CN(C)C(C)C. The van der Waals surface area contributed by atoms with Crippen LogP contribution >= 0.6 is 0 Å². The molecule has 0 bridgehead atoms. The molecule has 2 nitrogen and oxygen atoms in total. The Balaban J connectivity index is 0. The van der Waals surface area contributed by atoms with Gasteiger partial charge in [-0.1, -0.05) is 21.3 Å². The molecule has 0 N–H and O–H groups in total. The molecule has 0 aromatic carbocycles. The van der Waals surface area contributed by atoms with Gasteiger partial charge in [0.05, 0.1) is 6.54 Å². The summed E-state index contributed by atoms with van der Waals surface area (Å²) >= 11 is 0. The highest BCUT2D eigenvalue weighted by molar-refractivity contribution is 5.82. The standard InChI is InChI=1S/C9H19NO.CH4/c1-7(2)9(11)6-10(5)8(3)4;/h7-8H,6H2,1-5H3;1H4. The van der Waals surface area contributed by atoms with Crippen LogP contribution in [0.15, 0.2) is 0 Å². The average Bonchev–Trinajstić information content (AvgIpc) is 1.87. The summed E-state index contributed by atoms with van der Waals surface area (Å²) < 4.78 is 0. The van der Waals surface area contributed by atoms with E-state index in [-0.39, 0.29) is 13.3 Å². The zero-order valence-electron chi connectivity index (χ0n) is 8.22. The highest BCUT2D eigenvalue weighted by Crippen LogP contribution is 1.99. The van der Waals surface area contributed by atoms with Crippen LogP contribution in [0.25, 0.3) is 0 Å². The Bertz CT molecular complexity index is 130. The molecule has 0 aliphatic rings. The first kappa shape index (κ1) is 14.2. The average molecular weight is 173 g/mol. The molecule has 0 unspecified atom stereocenters. The molecule has 0 aromatic rings. The second-order valence-corrected chi connectivity index (χ2v) is 3.63. The first-order valence-corrected chi connectivity index (χ1v) is 4.18. The van der Waals surface area contributed by atoms with Crippen molar-refractivity contribution in [2.75, 3.05) is 13.6 Å². The fraction of sp³-hybridized carbons (Fsp3) is 0.900. The van der Waals surface area contributed by atoms with Crippen molar-refractivity contribution >= 4 is 5.78 Å². The Morgan fingerprint density at radius 3 is 1.92 bits per heavy atom. The van der Waals surface area contributed by atoms with E-state index < -0.39 is 0 Å². The summed E-state index contributed by atoms with van der Waals surface area (Å²) in [6, 6.07) is 0.456. The minimum atomic E-state index is 0. The minimum Gasteiger partial charge on any atom is -0.298 e. The predicted molar refractivity (Wildman–Crippen MR) is 54.3 cm³/mol. The first-order chi connectivity index (χ1) is 4.95. The van der Waals surface area contributed by atoms with Crippen LogP contribution in [-0.4, -0.2) is 30.3 Å². The maximum atomic E-state index is 11.2. The molecule has 12 heavy (non-hydrogen) atoms. The van der Waals surface area contributed by atoms with Crippen molar-refractivity contribution in [3.63, 3.8) is 0 Å². The number of nitrogens with zero attached hydrogens (tertiary/aromatic N) is 1. The van der Waals surface area contributed by atoms with Gasteiger partial charge in [-0.15, -0.1) is 0 Å². The summed E-state index contributed by atoms with van der Waals surface area (Å²) in [7, 11) is 1.98. The predicted octanol–water partition coefficient (Wildman–Crippen LogP) is 2.19. The van der Waals surface area contributed by atoms with Gasteiger partial charge in [-0.25, -0.2) is 0 Å². The molecule has 0 aliphatic heterocycles. The lowest BCUT2D eigenvalue weighted by molar-refractivity contribution is -0.123. The highest BCUT2D eigenvalue weighted by atomic mass is 16.1. The molecule has 0 aliphatic carbocycles. The van der Waals surface area contributed by atoms with Gasteiger partial charge in [0.25, 0.3) is 0 Å². The van der Waals surface area contributed by atoms with Gasteiger partial charge in [0.15, 0.2) is 0 Å². The molecule has 74 valence electrons. The van der Waals surface area contributed by atoms with E-state index in [0.29, 0.717) is 18.4 Å². The molecule has 0 atom stereocenters. The van der Waals surface area contributed by atoms with E-state index >= 15 is 0 Å². The van der Waals surface area contributed by atoms with Crippen molar-refractivity contribution in [3.8, 4) is 0 Å². The fourth-order valence-electron chi connectivity index (χ4n) is 0.611. The number of hydrogen-bond donors (Lipinski definition) is 0. The third-order valence-electron chi connectivity index (χ3n) is 1.93. The van der Waals surface area contributed by atoms with E-state index in [1.54, 1.807) is 0 Å². The molecular weight excluding hydrogens is 150 g/mol. The molecule has 0 spiro atoms. The number of rotatable bonds is 4. The van der Waals surface area contributed by atoms with Gasteiger partial charge >= 0.3 is 0 Å². The quantitative estimate of drug-likeness (QED) is 0.649. The lowest BCUT2D eigenvalue weighted by Crippen LogP contribution is -2.33. The molecule has 0 rings (SSSR count). The number of ketones is 1. The lowest BCUT2D eigenvalue weighted by atomic mass is 10.1. The van der Waals surface area contributed by atoms with Gasteiger partial charge in [0.1, 0.15) is 5.78 Å². The summed E-state index contributed by atoms with van der Waals surface area (Å²) in [5.41, 5.74) is 0. The van der Waals surface area contributed by atoms with E-state index in [9.17, 15) is 4.79 Å². The van der Waals surface area contributed by atoms with Crippen molar-refractivity contribution < 1.29 is 4.79 Å². The Labute approximate surface area is 77.0 Å². The largest absolute Gasteiger partial charge is 0.298 e. The van der Waals surface area contributed by atoms with E-state index in [1.165, 1.54) is 0 Å². The lowest BCUT2D eigenvalue weighted by Gasteiger charge is -2.20. The molecule has 0 heterocycles. The van der Waals surface area contributed by atoms with Crippen LogP contribution in [0.2, 0.25) is 0 Å². The second kappa shape index (κ2) is 6.18. The summed E-state index contributed by atoms with van der Waals surface area (Å²) in [5, 5.41) is 0. The zero-order chi connectivity index (χ0) is 9.02. The summed E-state index contributed by atoms with van der Waals surface area (Å²) in [4.78, 5) is 13.3. The number of carbonyl (C=O) groups excluding carboxylic acids is 1. The Morgan fingerprint density at radius 2 is 1.67 bits per heavy atom. The van der Waals surface area contributed by atoms with Gasteiger partial charge in [0, 0.05) is 12.0 Å². The highest BCUT2D eigenvalue weighted by Gasteiger charge is 2.11. The first-order valence-electron chi connectivity index (χ1n) is 4.18. The number of hydrogen-bond acceptors (Lipinski definition) is 2. The Hall–Kier alpha value is -0.370. The summed E-state index contributed by atoms with van der Waals surface area (Å²) in [5.74, 6) is 0.484. The minimum absolute atomic E-state index is 0. The van der Waals surface area contributed by atoms with Gasteiger partial charge in [-0.05, 0) is 20.9 Å². The van der Waals surface area contributed by atoms with Crippen LogP contribution in [0, 0.1) is 5.92 Å². The molecular formula is C10H23NO. The van der Waals surface area contributed by atoms with Gasteiger partial charge < -0.3 is 0 Å². The monoisotopic (exact) mass is 173 g/mol. The summed E-state index contributed by atoms with van der Waals surface area (Å²) in [6.07, 6.45) is 0. The van der Waals surface area contributed by atoms with Crippen molar-refractivity contribution in [1.82, 2.24) is 4.90 Å².